The molecule has 2 heterocycles. The highest BCUT2D eigenvalue weighted by Gasteiger charge is 2.25. The molecule has 1 saturated heterocycles. The van der Waals surface area contributed by atoms with E-state index in [9.17, 15) is 4.39 Å². The van der Waals surface area contributed by atoms with Crippen molar-refractivity contribution in [1.29, 1.82) is 0 Å². The van der Waals surface area contributed by atoms with E-state index in [0.29, 0.717) is 16.6 Å². The van der Waals surface area contributed by atoms with Crippen LogP contribution in [0.5, 0.6) is 0 Å². The first-order valence-corrected chi connectivity index (χ1v) is 9.36. The molecule has 1 fully saturated rings. The molecule has 0 bridgehead atoms. The van der Waals surface area contributed by atoms with Gasteiger partial charge >= 0.3 is 0 Å². The lowest BCUT2D eigenvalue weighted by Gasteiger charge is -2.26. The topological polar surface area (TPSA) is 32.3 Å². The van der Waals surface area contributed by atoms with Crippen molar-refractivity contribution in [3.63, 3.8) is 0 Å². The van der Waals surface area contributed by atoms with Crippen LogP contribution in [0.15, 0.2) is 24.3 Å². The first-order valence-electron chi connectivity index (χ1n) is 8.55. The van der Waals surface area contributed by atoms with E-state index in [-0.39, 0.29) is 11.9 Å². The van der Waals surface area contributed by atoms with Gasteiger partial charge in [0, 0.05) is 18.2 Å². The standard InChI is InChI=1S/C18H25FN4S/c1-13(23-11-6-7-14(10-12-23)22(2)3)17-20-21-18(24-17)15-8-4-5-9-16(15)19/h4-5,8-9,13-14H,6-7,10-12H2,1-3H3/t13-,14-/m1/s1. The lowest BCUT2D eigenvalue weighted by atomic mass is 10.1. The van der Waals surface area contributed by atoms with Crippen molar-refractivity contribution in [1.82, 2.24) is 20.0 Å². The third-order valence-electron chi connectivity index (χ3n) is 4.91. The molecular formula is C18H25FN4S. The van der Waals surface area contributed by atoms with E-state index in [1.165, 1.54) is 36.7 Å². The molecule has 1 aromatic carbocycles. The summed E-state index contributed by atoms with van der Waals surface area (Å²) >= 11 is 1.50. The van der Waals surface area contributed by atoms with Crippen LogP contribution in [0.1, 0.15) is 37.2 Å². The average molecular weight is 348 g/mol. The summed E-state index contributed by atoms with van der Waals surface area (Å²) < 4.78 is 13.9. The highest BCUT2D eigenvalue weighted by Crippen LogP contribution is 2.31. The van der Waals surface area contributed by atoms with Crippen LogP contribution in [0.3, 0.4) is 0 Å². The van der Waals surface area contributed by atoms with Crippen LogP contribution in [-0.2, 0) is 0 Å². The van der Waals surface area contributed by atoms with Gasteiger partial charge in [-0.2, -0.15) is 0 Å². The molecule has 0 aliphatic carbocycles. The Hall–Kier alpha value is -1.37. The van der Waals surface area contributed by atoms with E-state index in [1.54, 1.807) is 12.1 Å². The van der Waals surface area contributed by atoms with Crippen LogP contribution in [0.2, 0.25) is 0 Å². The molecular weight excluding hydrogens is 323 g/mol. The molecule has 0 unspecified atom stereocenters. The average Bonchev–Trinajstić information content (AvgIpc) is 2.91. The van der Waals surface area contributed by atoms with Gasteiger partial charge in [0.1, 0.15) is 10.8 Å². The quantitative estimate of drug-likeness (QED) is 0.841. The van der Waals surface area contributed by atoms with E-state index in [2.05, 4.69) is 41.0 Å². The van der Waals surface area contributed by atoms with Crippen molar-refractivity contribution in [2.24, 2.45) is 0 Å². The second-order valence-electron chi connectivity index (χ2n) is 6.69. The van der Waals surface area contributed by atoms with Crippen LogP contribution < -0.4 is 0 Å². The molecule has 1 aromatic heterocycles. The Kier molecular flexibility index (Phi) is 5.58. The molecule has 1 aliphatic heterocycles. The van der Waals surface area contributed by atoms with E-state index in [1.807, 2.05) is 6.07 Å². The maximum atomic E-state index is 13.9. The van der Waals surface area contributed by atoms with Gasteiger partial charge in [-0.1, -0.05) is 23.5 Å². The molecule has 1 aliphatic rings. The molecule has 0 amide bonds. The fourth-order valence-corrected chi connectivity index (χ4v) is 4.26. The summed E-state index contributed by atoms with van der Waals surface area (Å²) in [6.07, 6.45) is 3.62. The first kappa shape index (κ1) is 17.5. The molecule has 0 spiro atoms. The van der Waals surface area contributed by atoms with Crippen LogP contribution in [0, 0.1) is 5.82 Å². The molecule has 0 radical (unpaired) electrons. The Labute approximate surface area is 147 Å². The molecule has 6 heteroatoms. The van der Waals surface area contributed by atoms with Crippen molar-refractivity contribution in [3.05, 3.63) is 35.1 Å². The molecule has 2 atom stereocenters. The number of likely N-dealkylation sites (tertiary alicyclic amines) is 1. The van der Waals surface area contributed by atoms with Crippen LogP contribution in [0.4, 0.5) is 4.39 Å². The van der Waals surface area contributed by atoms with E-state index >= 15 is 0 Å². The van der Waals surface area contributed by atoms with Gasteiger partial charge in [-0.15, -0.1) is 10.2 Å². The molecule has 24 heavy (non-hydrogen) atoms. The molecule has 130 valence electrons. The Balaban J connectivity index is 1.72. The summed E-state index contributed by atoms with van der Waals surface area (Å²) in [6.45, 7) is 4.33. The van der Waals surface area contributed by atoms with Gasteiger partial charge in [-0.25, -0.2) is 4.39 Å². The predicted molar refractivity (Wildman–Crippen MR) is 96.6 cm³/mol. The van der Waals surface area contributed by atoms with Crippen molar-refractivity contribution in [2.75, 3.05) is 27.2 Å². The zero-order chi connectivity index (χ0) is 17.1. The SMILES string of the molecule is C[C@H](c1nnc(-c2ccccc2F)s1)N1CCC[C@@H](N(C)C)CC1. The number of nitrogens with zero attached hydrogens (tertiary/aromatic N) is 4. The largest absolute Gasteiger partial charge is 0.306 e. The Morgan fingerprint density at radius 1 is 1.21 bits per heavy atom. The third-order valence-corrected chi connectivity index (χ3v) is 6.04. The lowest BCUT2D eigenvalue weighted by Crippen LogP contribution is -2.31. The maximum Gasteiger partial charge on any atom is 0.150 e. The van der Waals surface area contributed by atoms with Gasteiger partial charge in [0.05, 0.1) is 6.04 Å². The van der Waals surface area contributed by atoms with Crippen molar-refractivity contribution >= 4 is 11.3 Å². The highest BCUT2D eigenvalue weighted by molar-refractivity contribution is 7.14. The Bertz CT molecular complexity index is 673. The summed E-state index contributed by atoms with van der Waals surface area (Å²) in [5, 5.41) is 10.2. The summed E-state index contributed by atoms with van der Waals surface area (Å²) in [6, 6.07) is 7.64. The van der Waals surface area contributed by atoms with Crippen LogP contribution >= 0.6 is 11.3 Å². The van der Waals surface area contributed by atoms with Crippen molar-refractivity contribution < 1.29 is 4.39 Å². The zero-order valence-electron chi connectivity index (χ0n) is 14.6. The lowest BCUT2D eigenvalue weighted by molar-refractivity contribution is 0.207. The Morgan fingerprint density at radius 3 is 2.75 bits per heavy atom. The van der Waals surface area contributed by atoms with E-state index < -0.39 is 0 Å². The predicted octanol–water partition coefficient (Wildman–Crippen LogP) is 3.82. The first-order chi connectivity index (χ1) is 11.6. The Morgan fingerprint density at radius 2 is 2.00 bits per heavy atom. The maximum absolute atomic E-state index is 13.9. The van der Waals surface area contributed by atoms with Crippen LogP contribution in [-0.4, -0.2) is 53.2 Å². The summed E-state index contributed by atoms with van der Waals surface area (Å²) in [4.78, 5) is 4.81. The monoisotopic (exact) mass is 348 g/mol. The zero-order valence-corrected chi connectivity index (χ0v) is 15.4. The number of halogens is 1. The number of rotatable bonds is 4. The number of benzene rings is 1. The fraction of sp³-hybridized carbons (Fsp3) is 0.556. The summed E-state index contributed by atoms with van der Waals surface area (Å²) in [5.41, 5.74) is 0.539. The minimum atomic E-state index is -0.239. The second kappa shape index (κ2) is 7.68. The van der Waals surface area contributed by atoms with Crippen molar-refractivity contribution in [3.8, 4) is 10.6 Å². The smallest absolute Gasteiger partial charge is 0.150 e. The van der Waals surface area contributed by atoms with Gasteiger partial charge in [0.25, 0.3) is 0 Å². The number of aromatic nitrogens is 2. The number of hydrogen-bond donors (Lipinski definition) is 0. The van der Waals surface area contributed by atoms with Gasteiger partial charge in [-0.05, 0) is 59.0 Å². The molecule has 3 rings (SSSR count). The molecule has 0 N–H and O–H groups in total. The third kappa shape index (κ3) is 3.82. The van der Waals surface area contributed by atoms with E-state index in [0.717, 1.165) is 18.1 Å². The van der Waals surface area contributed by atoms with Crippen molar-refractivity contribution in [2.45, 2.75) is 38.3 Å². The van der Waals surface area contributed by atoms with E-state index in [4.69, 9.17) is 0 Å². The summed E-state index contributed by atoms with van der Waals surface area (Å²) in [5.74, 6) is -0.239. The normalized spacial score (nSPS) is 21.0. The highest BCUT2D eigenvalue weighted by atomic mass is 32.1. The van der Waals surface area contributed by atoms with Gasteiger partial charge in [-0.3, -0.25) is 4.90 Å². The van der Waals surface area contributed by atoms with Gasteiger partial charge < -0.3 is 4.90 Å². The fourth-order valence-electron chi connectivity index (χ4n) is 3.31. The molecule has 0 saturated carbocycles. The molecule has 2 aromatic rings. The minimum absolute atomic E-state index is 0.226. The number of hydrogen-bond acceptors (Lipinski definition) is 5. The van der Waals surface area contributed by atoms with Gasteiger partial charge in [0.15, 0.2) is 5.01 Å². The molecule has 4 nitrogen and oxygen atoms in total. The minimum Gasteiger partial charge on any atom is -0.306 e. The second-order valence-corrected chi connectivity index (χ2v) is 7.69. The van der Waals surface area contributed by atoms with Crippen LogP contribution in [0.25, 0.3) is 10.6 Å². The summed E-state index contributed by atoms with van der Waals surface area (Å²) in [7, 11) is 4.32. The van der Waals surface area contributed by atoms with Gasteiger partial charge in [0.2, 0.25) is 0 Å².